The highest BCUT2D eigenvalue weighted by Crippen LogP contribution is 2.33. The molecule has 0 saturated carbocycles. The highest BCUT2D eigenvalue weighted by Gasteiger charge is 2.32. The van der Waals surface area contributed by atoms with Crippen LogP contribution in [-0.4, -0.2) is 36.1 Å². The summed E-state index contributed by atoms with van der Waals surface area (Å²) in [7, 11) is 1.64. The maximum Gasteiger partial charge on any atom is 0.257 e. The summed E-state index contributed by atoms with van der Waals surface area (Å²) >= 11 is 1.62. The lowest BCUT2D eigenvalue weighted by atomic mass is 10.0. The Balaban J connectivity index is 1.52. The number of para-hydroxylation sites is 1. The first-order chi connectivity index (χ1) is 14.2. The minimum Gasteiger partial charge on any atom is -0.487 e. The van der Waals surface area contributed by atoms with Crippen molar-refractivity contribution in [1.82, 2.24) is 9.88 Å². The summed E-state index contributed by atoms with van der Waals surface area (Å²) in [6.45, 7) is 3.40. The third kappa shape index (κ3) is 4.26. The van der Waals surface area contributed by atoms with E-state index in [0.29, 0.717) is 25.3 Å². The van der Waals surface area contributed by atoms with Gasteiger partial charge in [-0.1, -0.05) is 24.3 Å². The van der Waals surface area contributed by atoms with E-state index < -0.39 is 0 Å². The summed E-state index contributed by atoms with van der Waals surface area (Å²) in [4.78, 5) is 19.3. The fraction of sp³-hybridized carbons (Fsp3) is 0.273. The van der Waals surface area contributed by atoms with Gasteiger partial charge in [-0.2, -0.15) is 0 Å². The quantitative estimate of drug-likeness (QED) is 0.632. The maximum atomic E-state index is 13.0. The van der Waals surface area contributed by atoms with E-state index in [2.05, 4.69) is 10.3 Å². The number of nitrogens with zero attached hydrogens (tertiary/aromatic N) is 2. The highest BCUT2D eigenvalue weighted by atomic mass is 32.1. The number of thiazole rings is 1. The molecule has 1 atom stereocenters. The second-order valence-electron chi connectivity index (χ2n) is 6.80. The Hall–Kier alpha value is -2.90. The van der Waals surface area contributed by atoms with E-state index in [4.69, 9.17) is 9.47 Å². The Kier molecular flexibility index (Phi) is 5.78. The summed E-state index contributed by atoms with van der Waals surface area (Å²) in [6, 6.07) is 15.4. The van der Waals surface area contributed by atoms with Crippen LogP contribution < -0.4 is 10.1 Å². The van der Waals surface area contributed by atoms with Crippen LogP contribution in [0.1, 0.15) is 32.8 Å². The number of anilines is 1. The molecule has 4 rings (SSSR count). The van der Waals surface area contributed by atoms with Crippen molar-refractivity contribution < 1.29 is 14.3 Å². The van der Waals surface area contributed by atoms with E-state index in [9.17, 15) is 4.79 Å². The van der Waals surface area contributed by atoms with Crippen LogP contribution in [0.4, 0.5) is 5.69 Å². The van der Waals surface area contributed by atoms with Crippen LogP contribution in [0.25, 0.3) is 0 Å². The third-order valence-corrected chi connectivity index (χ3v) is 5.63. The van der Waals surface area contributed by atoms with Gasteiger partial charge in [-0.05, 0) is 36.8 Å². The lowest BCUT2D eigenvalue weighted by Gasteiger charge is -2.38. The Morgan fingerprint density at radius 1 is 1.17 bits per heavy atom. The molecule has 1 amide bonds. The maximum absolute atomic E-state index is 13.0. The van der Waals surface area contributed by atoms with Crippen LogP contribution in [0, 0.1) is 6.92 Å². The zero-order valence-electron chi connectivity index (χ0n) is 16.4. The third-order valence-electron chi connectivity index (χ3n) is 4.81. The standard InChI is InChI=1S/C22H23N3O3S/c1-15-23-17(14-29-15)13-28-18-9-7-16(8-10-18)21-24-20-6-4-3-5-19(20)22(26)25(21)11-12-27-2/h3-10,14,21,24H,11-13H2,1-2H3. The smallest absolute Gasteiger partial charge is 0.257 e. The number of nitrogens with one attached hydrogen (secondary N) is 1. The van der Waals surface area contributed by atoms with Gasteiger partial charge < -0.3 is 19.7 Å². The predicted octanol–water partition coefficient (Wildman–Crippen LogP) is 4.24. The van der Waals surface area contributed by atoms with Gasteiger partial charge in [0.2, 0.25) is 0 Å². The lowest BCUT2D eigenvalue weighted by molar-refractivity contribution is 0.0609. The SMILES string of the molecule is COCCN1C(=O)c2ccccc2NC1c1ccc(OCc2csc(C)n2)cc1. The number of rotatable bonds is 7. The van der Waals surface area contributed by atoms with Crippen molar-refractivity contribution in [3.8, 4) is 5.75 Å². The van der Waals surface area contributed by atoms with Crippen molar-refractivity contribution in [2.45, 2.75) is 19.7 Å². The van der Waals surface area contributed by atoms with Crippen LogP contribution in [-0.2, 0) is 11.3 Å². The summed E-state index contributed by atoms with van der Waals surface area (Å²) in [6.07, 6.45) is -0.261. The number of aryl methyl sites for hydroxylation is 1. The minimum atomic E-state index is -0.261. The number of fused-ring (bicyclic) bond motifs is 1. The monoisotopic (exact) mass is 409 g/mol. The Labute approximate surface area is 174 Å². The summed E-state index contributed by atoms with van der Waals surface area (Å²) < 4.78 is 11.1. The van der Waals surface area contributed by atoms with Crippen LogP contribution in [0.5, 0.6) is 5.75 Å². The molecule has 0 bridgehead atoms. The molecule has 0 fully saturated rings. The van der Waals surface area contributed by atoms with Gasteiger partial charge in [-0.25, -0.2) is 4.98 Å². The van der Waals surface area contributed by atoms with Crippen molar-refractivity contribution in [3.63, 3.8) is 0 Å². The Morgan fingerprint density at radius 3 is 2.69 bits per heavy atom. The van der Waals surface area contributed by atoms with Gasteiger partial charge in [-0.15, -0.1) is 11.3 Å². The molecular formula is C22H23N3O3S. The Bertz CT molecular complexity index is 987. The van der Waals surface area contributed by atoms with Crippen molar-refractivity contribution in [3.05, 3.63) is 75.7 Å². The molecule has 1 aromatic heterocycles. The van der Waals surface area contributed by atoms with Crippen molar-refractivity contribution in [2.75, 3.05) is 25.6 Å². The molecular weight excluding hydrogens is 386 g/mol. The van der Waals surface area contributed by atoms with Crippen LogP contribution in [0.3, 0.4) is 0 Å². The number of methoxy groups -OCH3 is 1. The molecule has 6 nitrogen and oxygen atoms in total. The largest absolute Gasteiger partial charge is 0.487 e. The highest BCUT2D eigenvalue weighted by molar-refractivity contribution is 7.09. The molecule has 7 heteroatoms. The molecule has 0 saturated heterocycles. The summed E-state index contributed by atoms with van der Waals surface area (Å²) in [5.74, 6) is 0.769. The molecule has 0 aliphatic carbocycles. The molecule has 2 aromatic carbocycles. The summed E-state index contributed by atoms with van der Waals surface area (Å²) in [5.41, 5.74) is 3.44. The van der Waals surface area contributed by atoms with E-state index in [0.717, 1.165) is 27.7 Å². The topological polar surface area (TPSA) is 63.7 Å². The number of hydrogen-bond acceptors (Lipinski definition) is 6. The first-order valence-corrected chi connectivity index (χ1v) is 10.3. The van der Waals surface area contributed by atoms with E-state index >= 15 is 0 Å². The molecule has 3 aromatic rings. The van der Waals surface area contributed by atoms with Crippen LogP contribution >= 0.6 is 11.3 Å². The Morgan fingerprint density at radius 2 is 1.97 bits per heavy atom. The van der Waals surface area contributed by atoms with Gasteiger partial charge in [0.1, 0.15) is 18.5 Å². The van der Waals surface area contributed by atoms with Crippen LogP contribution in [0.15, 0.2) is 53.9 Å². The minimum absolute atomic E-state index is 0.000582. The molecule has 29 heavy (non-hydrogen) atoms. The zero-order valence-corrected chi connectivity index (χ0v) is 17.2. The van der Waals surface area contributed by atoms with E-state index in [-0.39, 0.29) is 12.1 Å². The number of amides is 1. The number of aromatic nitrogens is 1. The normalized spacial score (nSPS) is 15.7. The number of ether oxygens (including phenoxy) is 2. The van der Waals surface area contributed by atoms with Gasteiger partial charge in [-0.3, -0.25) is 4.79 Å². The van der Waals surface area contributed by atoms with Crippen molar-refractivity contribution in [2.24, 2.45) is 0 Å². The first-order valence-electron chi connectivity index (χ1n) is 9.45. The van der Waals surface area contributed by atoms with Crippen LogP contribution in [0.2, 0.25) is 0 Å². The second kappa shape index (κ2) is 8.63. The van der Waals surface area contributed by atoms with Gasteiger partial charge in [0.25, 0.3) is 5.91 Å². The lowest BCUT2D eigenvalue weighted by Crippen LogP contribution is -2.44. The zero-order chi connectivity index (χ0) is 20.2. The van der Waals surface area contributed by atoms with Gasteiger partial charge in [0.15, 0.2) is 0 Å². The number of hydrogen-bond donors (Lipinski definition) is 1. The molecule has 1 N–H and O–H groups in total. The molecule has 1 unspecified atom stereocenters. The van der Waals surface area contributed by atoms with Gasteiger partial charge in [0, 0.05) is 24.7 Å². The molecule has 0 spiro atoms. The number of carbonyl (C=O) groups is 1. The average Bonchev–Trinajstić information content (AvgIpc) is 3.17. The molecule has 1 aliphatic heterocycles. The van der Waals surface area contributed by atoms with Crippen molar-refractivity contribution in [1.29, 1.82) is 0 Å². The second-order valence-corrected chi connectivity index (χ2v) is 7.86. The molecule has 1 aliphatic rings. The predicted molar refractivity (Wildman–Crippen MR) is 113 cm³/mol. The summed E-state index contributed by atoms with van der Waals surface area (Å²) in [5, 5.41) is 6.52. The average molecular weight is 410 g/mol. The number of benzene rings is 2. The molecule has 150 valence electrons. The van der Waals surface area contributed by atoms with Crippen molar-refractivity contribution >= 4 is 22.9 Å². The number of carbonyl (C=O) groups excluding carboxylic acids is 1. The molecule has 0 radical (unpaired) electrons. The molecule has 2 heterocycles. The fourth-order valence-corrected chi connectivity index (χ4v) is 3.95. The first kappa shape index (κ1) is 19.4. The van der Waals surface area contributed by atoms with Gasteiger partial charge in [0.05, 0.1) is 22.9 Å². The van der Waals surface area contributed by atoms with E-state index in [1.807, 2.05) is 60.8 Å². The van der Waals surface area contributed by atoms with Gasteiger partial charge >= 0.3 is 0 Å². The van der Waals surface area contributed by atoms with E-state index in [1.165, 1.54) is 0 Å². The van der Waals surface area contributed by atoms with E-state index in [1.54, 1.807) is 23.3 Å². The fourth-order valence-electron chi connectivity index (χ4n) is 3.35.